The number of para-hydroxylation sites is 1. The van der Waals surface area contributed by atoms with Crippen LogP contribution >= 0.6 is 0 Å². The molecule has 0 aliphatic carbocycles. The Morgan fingerprint density at radius 2 is 1.47 bits per heavy atom. The summed E-state index contributed by atoms with van der Waals surface area (Å²) in [5.41, 5.74) is 11.7. The number of rotatable bonds is 7. The lowest BCUT2D eigenvalue weighted by molar-refractivity contribution is 0.148. The molecule has 1 saturated heterocycles. The van der Waals surface area contributed by atoms with E-state index < -0.39 is 0 Å². The van der Waals surface area contributed by atoms with Crippen molar-refractivity contribution in [3.8, 4) is 5.75 Å². The van der Waals surface area contributed by atoms with Gasteiger partial charge in [-0.2, -0.15) is 0 Å². The minimum Gasteiger partial charge on any atom is -0.488 e. The molecule has 0 spiro atoms. The minimum atomic E-state index is 0.451. The molecule has 3 aromatic carbocycles. The van der Waals surface area contributed by atoms with Gasteiger partial charge in [0, 0.05) is 17.8 Å². The van der Waals surface area contributed by atoms with Gasteiger partial charge in [-0.25, -0.2) is 4.98 Å². The van der Waals surface area contributed by atoms with Gasteiger partial charge >= 0.3 is 0 Å². The Labute approximate surface area is 202 Å². The van der Waals surface area contributed by atoms with Crippen molar-refractivity contribution in [3.63, 3.8) is 0 Å². The summed E-state index contributed by atoms with van der Waals surface area (Å²) in [6.45, 7) is 5.68. The van der Waals surface area contributed by atoms with Crippen LogP contribution in [0.1, 0.15) is 35.6 Å². The fourth-order valence-electron chi connectivity index (χ4n) is 5.37. The zero-order valence-electron chi connectivity index (χ0n) is 19.9. The van der Waals surface area contributed by atoms with E-state index in [2.05, 4.69) is 70.5 Å². The largest absolute Gasteiger partial charge is 0.488 e. The lowest BCUT2D eigenvalue weighted by atomic mass is 9.76. The number of nitrogen functional groups attached to an aromatic ring is 1. The molecule has 0 radical (unpaired) electrons. The smallest absolute Gasteiger partial charge is 0.164 e. The number of anilines is 1. The zero-order chi connectivity index (χ0) is 23.3. The number of nitrogens with zero attached hydrogens (tertiary/aromatic N) is 2. The number of likely N-dealkylation sites (tertiary alicyclic amines) is 1. The predicted molar refractivity (Wildman–Crippen MR) is 140 cm³/mol. The number of benzene rings is 3. The molecule has 0 unspecified atom stereocenters. The van der Waals surface area contributed by atoms with Gasteiger partial charge in [-0.15, -0.1) is 0 Å². The fraction of sp³-hybridized carbons (Fsp3) is 0.300. The highest BCUT2D eigenvalue weighted by atomic mass is 16.5. The number of pyridine rings is 1. The molecule has 34 heavy (non-hydrogen) atoms. The molecule has 1 aromatic heterocycles. The average molecular weight is 452 g/mol. The van der Waals surface area contributed by atoms with Crippen molar-refractivity contribution in [2.45, 2.75) is 25.7 Å². The number of aromatic nitrogens is 1. The van der Waals surface area contributed by atoms with E-state index in [1.807, 2.05) is 31.2 Å². The lowest BCUT2D eigenvalue weighted by Crippen LogP contribution is -2.38. The Morgan fingerprint density at radius 3 is 2.12 bits per heavy atom. The molecule has 4 aromatic rings. The van der Waals surface area contributed by atoms with E-state index in [-0.39, 0.29) is 0 Å². The predicted octanol–water partition coefficient (Wildman–Crippen LogP) is 6.05. The molecule has 4 heteroatoms. The van der Waals surface area contributed by atoms with Crippen LogP contribution in [0.25, 0.3) is 10.9 Å². The molecular formula is C30H33N3O. The SMILES string of the molecule is Cc1nc2ccccc2c(N)c1OCCN1CCC(C(c2ccccc2)c2ccccc2)CC1. The van der Waals surface area contributed by atoms with Crippen LogP contribution in [-0.4, -0.2) is 36.1 Å². The monoisotopic (exact) mass is 451 g/mol. The van der Waals surface area contributed by atoms with Gasteiger partial charge in [-0.1, -0.05) is 78.9 Å². The highest BCUT2D eigenvalue weighted by Gasteiger charge is 2.28. The van der Waals surface area contributed by atoms with Crippen molar-refractivity contribution in [1.82, 2.24) is 9.88 Å². The Balaban J connectivity index is 1.21. The normalized spacial score (nSPS) is 15.1. The summed E-state index contributed by atoms with van der Waals surface area (Å²) < 4.78 is 6.16. The molecule has 4 nitrogen and oxygen atoms in total. The summed E-state index contributed by atoms with van der Waals surface area (Å²) in [4.78, 5) is 7.19. The first kappa shape index (κ1) is 22.4. The highest BCUT2D eigenvalue weighted by molar-refractivity contribution is 5.93. The molecule has 1 aliphatic rings. The van der Waals surface area contributed by atoms with Gasteiger partial charge in [0.05, 0.1) is 16.9 Å². The highest BCUT2D eigenvalue weighted by Crippen LogP contribution is 2.38. The molecule has 2 N–H and O–H groups in total. The number of nitrogens with two attached hydrogens (primary N) is 1. The van der Waals surface area contributed by atoms with Crippen molar-refractivity contribution < 1.29 is 4.74 Å². The van der Waals surface area contributed by atoms with Crippen LogP contribution in [0.15, 0.2) is 84.9 Å². The number of hydrogen-bond donors (Lipinski definition) is 1. The van der Waals surface area contributed by atoms with E-state index in [4.69, 9.17) is 10.5 Å². The summed E-state index contributed by atoms with van der Waals surface area (Å²) >= 11 is 0. The zero-order valence-corrected chi connectivity index (χ0v) is 19.9. The van der Waals surface area contributed by atoms with Gasteiger partial charge in [-0.3, -0.25) is 4.90 Å². The third kappa shape index (κ3) is 4.78. The number of aryl methyl sites for hydroxylation is 1. The Kier molecular flexibility index (Phi) is 6.77. The first-order chi connectivity index (χ1) is 16.7. The Bertz CT molecular complexity index is 1180. The number of piperidine rings is 1. The molecular weight excluding hydrogens is 418 g/mol. The summed E-state index contributed by atoms with van der Waals surface area (Å²) in [6.07, 6.45) is 2.38. The standard InChI is InChI=1S/C30H33N3O/c1-22-30(29(31)26-14-8-9-15-27(26)32-22)34-21-20-33-18-16-25(17-19-33)28(23-10-4-2-5-11-23)24-12-6-3-7-13-24/h2-15,25,28H,16-21H2,1H3,(H2,31,32). The summed E-state index contributed by atoms with van der Waals surface area (Å²) in [7, 11) is 0. The lowest BCUT2D eigenvalue weighted by Gasteiger charge is -2.36. The second-order valence-electron chi connectivity index (χ2n) is 9.28. The van der Waals surface area contributed by atoms with Crippen LogP contribution < -0.4 is 10.5 Å². The fourth-order valence-corrected chi connectivity index (χ4v) is 5.37. The molecule has 0 amide bonds. The van der Waals surface area contributed by atoms with Crippen LogP contribution in [0, 0.1) is 12.8 Å². The molecule has 2 heterocycles. The summed E-state index contributed by atoms with van der Waals surface area (Å²) in [5.74, 6) is 1.82. The van der Waals surface area contributed by atoms with Crippen molar-refractivity contribution in [2.24, 2.45) is 5.92 Å². The van der Waals surface area contributed by atoms with E-state index in [0.29, 0.717) is 24.1 Å². The van der Waals surface area contributed by atoms with Gasteiger partial charge < -0.3 is 10.5 Å². The second kappa shape index (κ2) is 10.3. The molecule has 1 fully saturated rings. The van der Waals surface area contributed by atoms with E-state index in [1.54, 1.807) is 0 Å². The molecule has 5 rings (SSSR count). The number of hydrogen-bond acceptors (Lipinski definition) is 4. The first-order valence-corrected chi connectivity index (χ1v) is 12.3. The Hall–Kier alpha value is -3.37. The van der Waals surface area contributed by atoms with Gasteiger partial charge in [0.25, 0.3) is 0 Å². The quantitative estimate of drug-likeness (QED) is 0.372. The van der Waals surface area contributed by atoms with Crippen molar-refractivity contribution in [3.05, 3.63) is 102 Å². The van der Waals surface area contributed by atoms with Crippen LogP contribution in [0.4, 0.5) is 5.69 Å². The maximum absolute atomic E-state index is 6.42. The topological polar surface area (TPSA) is 51.4 Å². The van der Waals surface area contributed by atoms with Gasteiger partial charge in [0.2, 0.25) is 0 Å². The van der Waals surface area contributed by atoms with Crippen molar-refractivity contribution in [1.29, 1.82) is 0 Å². The molecule has 0 saturated carbocycles. The summed E-state index contributed by atoms with van der Waals surface area (Å²) in [6, 6.07) is 29.9. The molecule has 0 bridgehead atoms. The third-order valence-electron chi connectivity index (χ3n) is 7.13. The summed E-state index contributed by atoms with van der Waals surface area (Å²) in [5, 5.41) is 0.955. The van der Waals surface area contributed by atoms with Crippen LogP contribution in [-0.2, 0) is 0 Å². The van der Waals surface area contributed by atoms with E-state index >= 15 is 0 Å². The first-order valence-electron chi connectivity index (χ1n) is 12.3. The van der Waals surface area contributed by atoms with Gasteiger partial charge in [0.1, 0.15) is 6.61 Å². The van der Waals surface area contributed by atoms with Crippen molar-refractivity contribution >= 4 is 16.6 Å². The molecule has 0 atom stereocenters. The van der Waals surface area contributed by atoms with E-state index in [0.717, 1.165) is 42.0 Å². The number of fused-ring (bicyclic) bond motifs is 1. The molecule has 1 aliphatic heterocycles. The van der Waals surface area contributed by atoms with Crippen LogP contribution in [0.5, 0.6) is 5.75 Å². The van der Waals surface area contributed by atoms with Crippen molar-refractivity contribution in [2.75, 3.05) is 32.0 Å². The van der Waals surface area contributed by atoms with E-state index in [9.17, 15) is 0 Å². The van der Waals surface area contributed by atoms with E-state index in [1.165, 1.54) is 24.0 Å². The molecule has 174 valence electrons. The van der Waals surface area contributed by atoms with Crippen LogP contribution in [0.2, 0.25) is 0 Å². The average Bonchev–Trinajstić information content (AvgIpc) is 2.88. The maximum atomic E-state index is 6.42. The maximum Gasteiger partial charge on any atom is 0.164 e. The second-order valence-corrected chi connectivity index (χ2v) is 9.28. The minimum absolute atomic E-state index is 0.451. The van der Waals surface area contributed by atoms with Gasteiger partial charge in [-0.05, 0) is 56.0 Å². The van der Waals surface area contributed by atoms with Crippen LogP contribution in [0.3, 0.4) is 0 Å². The Morgan fingerprint density at radius 1 is 0.882 bits per heavy atom. The van der Waals surface area contributed by atoms with Gasteiger partial charge in [0.15, 0.2) is 5.75 Å². The number of ether oxygens (including phenoxy) is 1. The third-order valence-corrected chi connectivity index (χ3v) is 7.13.